The quantitative estimate of drug-likeness (QED) is 0.177. The third kappa shape index (κ3) is 5.98. The molecule has 0 saturated carbocycles. The standard InChI is InChI=1S/C48H38N4.Fe/c1-29-13-5-9-17-33(29)45-37-21-23-39(49-37)46(34-18-10-6-14-30(34)2)41-25-27-43(51-41)48(36-20-12-8-16-32(36)4)44-28-26-42(52-44)47(40-24-22-38(45)50-40)35-19-11-7-15-31(35)3;/h5-28,49,52H,1-4H3;. The van der Waals surface area contributed by atoms with Crippen LogP contribution in [0.5, 0.6) is 0 Å². The number of rotatable bonds is 4. The van der Waals surface area contributed by atoms with Crippen molar-refractivity contribution in [3.63, 3.8) is 0 Å². The van der Waals surface area contributed by atoms with Gasteiger partial charge < -0.3 is 9.97 Å². The third-order valence-electron chi connectivity index (χ3n) is 10.4. The van der Waals surface area contributed by atoms with Crippen molar-refractivity contribution in [3.05, 3.63) is 166 Å². The second-order valence-corrected chi connectivity index (χ2v) is 13.8. The molecule has 5 heteroatoms. The van der Waals surface area contributed by atoms with E-state index in [1.54, 1.807) is 0 Å². The fraction of sp³-hybridized carbons (Fsp3) is 0.0833. The normalized spacial score (nSPS) is 11.8. The van der Waals surface area contributed by atoms with Gasteiger partial charge in [0.2, 0.25) is 0 Å². The molecule has 2 N–H and O–H groups in total. The molecule has 0 atom stereocenters. The van der Waals surface area contributed by atoms with Crippen molar-refractivity contribution in [2.24, 2.45) is 0 Å². The summed E-state index contributed by atoms with van der Waals surface area (Å²) in [5.74, 6) is 0. The smallest absolute Gasteiger partial charge is 0.0737 e. The van der Waals surface area contributed by atoms with Gasteiger partial charge in [-0.2, -0.15) is 0 Å². The minimum Gasteiger partial charge on any atom is -0.354 e. The van der Waals surface area contributed by atoms with Gasteiger partial charge in [-0.3, -0.25) is 0 Å². The molecule has 0 amide bonds. The number of benzene rings is 4. The Bertz CT molecular complexity index is 2420. The topological polar surface area (TPSA) is 57.4 Å². The molecule has 0 saturated heterocycles. The largest absolute Gasteiger partial charge is 0.354 e. The predicted octanol–water partition coefficient (Wildman–Crippen LogP) is 12.6. The summed E-state index contributed by atoms with van der Waals surface area (Å²) in [5.41, 5.74) is 21.3. The first-order valence-electron chi connectivity index (χ1n) is 17.8. The van der Waals surface area contributed by atoms with Crippen LogP contribution in [0.4, 0.5) is 0 Å². The average Bonchev–Trinajstić information content (AvgIpc) is 3.99. The van der Waals surface area contributed by atoms with Crippen molar-refractivity contribution >= 4 is 46.4 Å². The zero-order valence-corrected chi connectivity index (χ0v) is 31.2. The molecule has 3 aromatic heterocycles. The van der Waals surface area contributed by atoms with Crippen LogP contribution < -0.4 is 0 Å². The average molecular weight is 727 g/mol. The van der Waals surface area contributed by atoms with Crippen LogP contribution in [-0.4, -0.2) is 19.9 Å². The first kappa shape index (κ1) is 34.1. The van der Waals surface area contributed by atoms with Crippen LogP contribution in [0, 0.1) is 27.7 Å². The van der Waals surface area contributed by atoms with Crippen molar-refractivity contribution in [2.75, 3.05) is 0 Å². The summed E-state index contributed by atoms with van der Waals surface area (Å²) < 4.78 is 0. The Hall–Kier alpha value is -6.00. The number of aryl methyl sites for hydroxylation is 4. The zero-order valence-electron chi connectivity index (χ0n) is 30.1. The molecule has 9 rings (SSSR count). The molecule has 0 spiro atoms. The van der Waals surface area contributed by atoms with Gasteiger partial charge in [-0.1, -0.05) is 97.1 Å². The zero-order chi connectivity index (χ0) is 35.3. The van der Waals surface area contributed by atoms with Crippen molar-refractivity contribution in [1.82, 2.24) is 19.9 Å². The molecular formula is C48H38FeN4. The Morgan fingerprint density at radius 2 is 0.547 bits per heavy atom. The molecular weight excluding hydrogens is 688 g/mol. The van der Waals surface area contributed by atoms with Gasteiger partial charge in [0.1, 0.15) is 0 Å². The van der Waals surface area contributed by atoms with Crippen molar-refractivity contribution in [3.8, 4) is 44.5 Å². The monoisotopic (exact) mass is 726 g/mol. The Morgan fingerprint density at radius 1 is 0.321 bits per heavy atom. The Labute approximate surface area is 320 Å². The fourth-order valence-corrected chi connectivity index (χ4v) is 7.75. The van der Waals surface area contributed by atoms with E-state index >= 15 is 0 Å². The molecule has 4 aromatic carbocycles. The third-order valence-corrected chi connectivity index (χ3v) is 10.4. The number of aromatic nitrogens is 4. The van der Waals surface area contributed by atoms with Crippen LogP contribution in [0.2, 0.25) is 0 Å². The van der Waals surface area contributed by atoms with Gasteiger partial charge in [0.05, 0.1) is 22.8 Å². The number of hydrogen-bond donors (Lipinski definition) is 2. The molecule has 2 aliphatic rings. The second-order valence-electron chi connectivity index (χ2n) is 13.8. The van der Waals surface area contributed by atoms with E-state index in [1.165, 1.54) is 22.3 Å². The SMILES string of the molecule is Cc1ccccc1-c1c2nc(c(-c3ccccc3C)c3ccc([nH]3)c(-c3ccccc3C)c3nc(c(-c4ccccc4C)c4ccc1[nH]4)C=C3)C=C2.[Fe]. The summed E-state index contributed by atoms with van der Waals surface area (Å²) in [4.78, 5) is 18.7. The van der Waals surface area contributed by atoms with Gasteiger partial charge in [-0.15, -0.1) is 0 Å². The number of aromatic amines is 2. The van der Waals surface area contributed by atoms with E-state index in [4.69, 9.17) is 9.97 Å². The van der Waals surface area contributed by atoms with Crippen molar-refractivity contribution < 1.29 is 17.1 Å². The van der Waals surface area contributed by atoms with E-state index in [0.717, 1.165) is 89.4 Å². The maximum absolute atomic E-state index is 5.46. The fourth-order valence-electron chi connectivity index (χ4n) is 7.75. The number of nitrogens with one attached hydrogen (secondary N) is 2. The van der Waals surface area contributed by atoms with Gasteiger partial charge in [-0.25, -0.2) is 9.97 Å². The summed E-state index contributed by atoms with van der Waals surface area (Å²) in [7, 11) is 0. The van der Waals surface area contributed by atoms with Gasteiger partial charge >= 0.3 is 0 Å². The molecule has 2 aliphatic heterocycles. The molecule has 4 nitrogen and oxygen atoms in total. The van der Waals surface area contributed by atoms with E-state index in [-0.39, 0.29) is 17.1 Å². The second kappa shape index (κ2) is 13.9. The van der Waals surface area contributed by atoms with Crippen LogP contribution in [-0.2, 0) is 17.1 Å². The number of H-pyrrole nitrogens is 2. The number of nitrogens with zero attached hydrogens (tertiary/aromatic N) is 2. The summed E-state index contributed by atoms with van der Waals surface area (Å²) in [6.07, 6.45) is 8.66. The Kier molecular flexibility index (Phi) is 8.91. The van der Waals surface area contributed by atoms with Gasteiger partial charge in [0, 0.05) is 61.4 Å². The molecule has 8 bridgehead atoms. The molecule has 0 aliphatic carbocycles. The molecule has 0 radical (unpaired) electrons. The number of fused-ring (bicyclic) bond motifs is 8. The van der Waals surface area contributed by atoms with E-state index in [2.05, 4.69) is 183 Å². The number of hydrogen-bond acceptors (Lipinski definition) is 2. The first-order valence-corrected chi connectivity index (χ1v) is 17.8. The van der Waals surface area contributed by atoms with Crippen LogP contribution in [0.3, 0.4) is 0 Å². The summed E-state index contributed by atoms with van der Waals surface area (Å²) in [5, 5.41) is 0. The van der Waals surface area contributed by atoms with Gasteiger partial charge in [0.25, 0.3) is 0 Å². The van der Waals surface area contributed by atoms with Crippen molar-refractivity contribution in [1.29, 1.82) is 0 Å². The van der Waals surface area contributed by atoms with E-state index in [0.29, 0.717) is 0 Å². The van der Waals surface area contributed by atoms with Gasteiger partial charge in [-0.05, 0) is 121 Å². The van der Waals surface area contributed by atoms with Crippen molar-refractivity contribution in [2.45, 2.75) is 27.7 Å². The van der Waals surface area contributed by atoms with Crippen LogP contribution in [0.25, 0.3) is 90.9 Å². The van der Waals surface area contributed by atoms with E-state index in [1.807, 2.05) is 0 Å². The maximum Gasteiger partial charge on any atom is 0.0737 e. The van der Waals surface area contributed by atoms with Crippen LogP contribution >= 0.6 is 0 Å². The van der Waals surface area contributed by atoms with Gasteiger partial charge in [0.15, 0.2) is 0 Å². The first-order chi connectivity index (χ1) is 25.4. The van der Waals surface area contributed by atoms with E-state index < -0.39 is 0 Å². The Balaban J connectivity index is 0.00000400. The summed E-state index contributed by atoms with van der Waals surface area (Å²) in [6.45, 7) is 8.68. The molecule has 5 heterocycles. The molecule has 53 heavy (non-hydrogen) atoms. The Morgan fingerprint density at radius 3 is 0.774 bits per heavy atom. The summed E-state index contributed by atoms with van der Waals surface area (Å²) in [6, 6.07) is 43.0. The molecule has 0 unspecified atom stereocenters. The predicted molar refractivity (Wildman–Crippen MR) is 220 cm³/mol. The summed E-state index contributed by atoms with van der Waals surface area (Å²) >= 11 is 0. The maximum atomic E-state index is 5.46. The van der Waals surface area contributed by atoms with E-state index in [9.17, 15) is 0 Å². The molecule has 0 fully saturated rings. The minimum absolute atomic E-state index is 0. The van der Waals surface area contributed by atoms with Crippen LogP contribution in [0.15, 0.2) is 121 Å². The minimum atomic E-state index is 0. The molecule has 7 aromatic rings. The molecule has 258 valence electrons. The van der Waals surface area contributed by atoms with Crippen LogP contribution in [0.1, 0.15) is 45.0 Å².